The largest absolute Gasteiger partial charge is 0.490 e. The van der Waals surface area contributed by atoms with Crippen molar-refractivity contribution in [3.63, 3.8) is 0 Å². The third kappa shape index (κ3) is 5.35. The average Bonchev–Trinajstić information content (AvgIpc) is 2.31. The van der Waals surface area contributed by atoms with E-state index in [1.165, 1.54) is 5.57 Å². The minimum atomic E-state index is 0.0997. The lowest BCUT2D eigenvalue weighted by atomic mass is 10.1. The van der Waals surface area contributed by atoms with Crippen molar-refractivity contribution in [1.29, 1.82) is 0 Å². The number of allylic oxidation sites excluding steroid dienone is 1. The molecule has 0 aliphatic heterocycles. The molecular weight excluding hydrogens is 238 g/mol. The topological polar surface area (TPSA) is 44.5 Å². The molecule has 0 heterocycles. The standard InChI is InChI=1S/C16H25NO2/c1-5-18-15-8-6-7-14(11-13(4)17)16(15)19-10-9-12(2)3/h6-9,13H,5,10-11,17H2,1-4H3. The monoisotopic (exact) mass is 263 g/mol. The van der Waals surface area contributed by atoms with Crippen molar-refractivity contribution in [3.05, 3.63) is 35.4 Å². The number of rotatable bonds is 7. The van der Waals surface area contributed by atoms with Crippen molar-refractivity contribution >= 4 is 0 Å². The fourth-order valence-corrected chi connectivity index (χ4v) is 1.79. The van der Waals surface area contributed by atoms with Crippen LogP contribution in [-0.2, 0) is 6.42 Å². The first-order valence-corrected chi connectivity index (χ1v) is 6.81. The van der Waals surface area contributed by atoms with Gasteiger partial charge in [-0.25, -0.2) is 0 Å². The van der Waals surface area contributed by atoms with Crippen molar-refractivity contribution in [2.24, 2.45) is 5.73 Å². The Labute approximate surface area is 116 Å². The van der Waals surface area contributed by atoms with Crippen LogP contribution in [0.2, 0.25) is 0 Å². The third-order valence-corrected chi connectivity index (χ3v) is 2.62. The van der Waals surface area contributed by atoms with Crippen molar-refractivity contribution in [1.82, 2.24) is 0 Å². The molecule has 0 radical (unpaired) electrons. The molecule has 1 aromatic rings. The lowest BCUT2D eigenvalue weighted by Gasteiger charge is -2.16. The van der Waals surface area contributed by atoms with E-state index < -0.39 is 0 Å². The van der Waals surface area contributed by atoms with Crippen LogP contribution in [0.3, 0.4) is 0 Å². The smallest absolute Gasteiger partial charge is 0.164 e. The Balaban J connectivity index is 2.95. The first kappa shape index (κ1) is 15.6. The molecule has 0 fully saturated rings. The zero-order valence-electron chi connectivity index (χ0n) is 12.4. The number of benzene rings is 1. The van der Waals surface area contributed by atoms with Gasteiger partial charge in [-0.15, -0.1) is 0 Å². The van der Waals surface area contributed by atoms with Gasteiger partial charge in [-0.1, -0.05) is 17.7 Å². The number of hydrogen-bond donors (Lipinski definition) is 1. The van der Waals surface area contributed by atoms with E-state index in [0.29, 0.717) is 13.2 Å². The minimum Gasteiger partial charge on any atom is -0.490 e. The van der Waals surface area contributed by atoms with E-state index in [9.17, 15) is 0 Å². The molecule has 1 unspecified atom stereocenters. The van der Waals surface area contributed by atoms with Crippen LogP contribution in [0.1, 0.15) is 33.3 Å². The van der Waals surface area contributed by atoms with Gasteiger partial charge in [0.05, 0.1) is 6.61 Å². The minimum absolute atomic E-state index is 0.0997. The second-order valence-corrected chi connectivity index (χ2v) is 4.95. The van der Waals surface area contributed by atoms with Gasteiger partial charge in [0.2, 0.25) is 0 Å². The first-order valence-electron chi connectivity index (χ1n) is 6.81. The van der Waals surface area contributed by atoms with Crippen molar-refractivity contribution in [3.8, 4) is 11.5 Å². The van der Waals surface area contributed by atoms with Gasteiger partial charge in [-0.2, -0.15) is 0 Å². The highest BCUT2D eigenvalue weighted by Gasteiger charge is 2.12. The van der Waals surface area contributed by atoms with Gasteiger partial charge in [0, 0.05) is 6.04 Å². The Morgan fingerprint density at radius 1 is 1.32 bits per heavy atom. The van der Waals surface area contributed by atoms with Crippen LogP contribution in [0.15, 0.2) is 29.8 Å². The maximum atomic E-state index is 5.89. The molecule has 0 spiro atoms. The highest BCUT2D eigenvalue weighted by Crippen LogP contribution is 2.32. The normalized spacial score (nSPS) is 11.8. The van der Waals surface area contributed by atoms with Crippen molar-refractivity contribution in [2.75, 3.05) is 13.2 Å². The Morgan fingerprint density at radius 3 is 2.63 bits per heavy atom. The van der Waals surface area contributed by atoms with Crippen LogP contribution >= 0.6 is 0 Å². The Bertz CT molecular complexity index is 421. The molecule has 19 heavy (non-hydrogen) atoms. The van der Waals surface area contributed by atoms with Gasteiger partial charge >= 0.3 is 0 Å². The summed E-state index contributed by atoms with van der Waals surface area (Å²) in [5.41, 5.74) is 8.22. The zero-order valence-corrected chi connectivity index (χ0v) is 12.4. The van der Waals surface area contributed by atoms with Gasteiger partial charge in [-0.05, 0) is 51.8 Å². The molecule has 2 N–H and O–H groups in total. The van der Waals surface area contributed by atoms with E-state index in [1.54, 1.807) is 0 Å². The third-order valence-electron chi connectivity index (χ3n) is 2.62. The van der Waals surface area contributed by atoms with E-state index >= 15 is 0 Å². The van der Waals surface area contributed by atoms with Gasteiger partial charge < -0.3 is 15.2 Å². The number of nitrogens with two attached hydrogens (primary N) is 1. The fourth-order valence-electron chi connectivity index (χ4n) is 1.79. The summed E-state index contributed by atoms with van der Waals surface area (Å²) < 4.78 is 11.5. The van der Waals surface area contributed by atoms with Crippen LogP contribution in [0, 0.1) is 0 Å². The molecule has 106 valence electrons. The van der Waals surface area contributed by atoms with Crippen molar-refractivity contribution in [2.45, 2.75) is 40.2 Å². The van der Waals surface area contributed by atoms with Gasteiger partial charge in [0.15, 0.2) is 11.5 Å². The maximum Gasteiger partial charge on any atom is 0.164 e. The summed E-state index contributed by atoms with van der Waals surface area (Å²) in [6.07, 6.45) is 2.84. The lowest BCUT2D eigenvalue weighted by molar-refractivity contribution is 0.294. The fraction of sp³-hybridized carbons (Fsp3) is 0.500. The molecule has 3 heteroatoms. The van der Waals surface area contributed by atoms with Crippen LogP contribution in [0.5, 0.6) is 11.5 Å². The van der Waals surface area contributed by atoms with E-state index in [-0.39, 0.29) is 6.04 Å². The molecule has 3 nitrogen and oxygen atoms in total. The molecule has 0 aromatic heterocycles. The molecule has 0 bridgehead atoms. The lowest BCUT2D eigenvalue weighted by Crippen LogP contribution is -2.18. The second-order valence-electron chi connectivity index (χ2n) is 4.95. The molecular formula is C16H25NO2. The SMILES string of the molecule is CCOc1cccc(CC(C)N)c1OCC=C(C)C. The number of para-hydroxylation sites is 1. The quantitative estimate of drug-likeness (QED) is 0.767. The molecule has 0 saturated heterocycles. The molecule has 0 aliphatic carbocycles. The predicted molar refractivity (Wildman–Crippen MR) is 79.9 cm³/mol. The predicted octanol–water partition coefficient (Wildman–Crippen LogP) is 3.32. The maximum absolute atomic E-state index is 5.89. The second kappa shape index (κ2) is 7.85. The van der Waals surface area contributed by atoms with Crippen LogP contribution in [-0.4, -0.2) is 19.3 Å². The summed E-state index contributed by atoms with van der Waals surface area (Å²) in [6.45, 7) is 9.26. The highest BCUT2D eigenvalue weighted by molar-refractivity contribution is 5.47. The van der Waals surface area contributed by atoms with E-state index in [0.717, 1.165) is 23.5 Å². The molecule has 1 rings (SSSR count). The zero-order chi connectivity index (χ0) is 14.3. The molecule has 1 aromatic carbocycles. The van der Waals surface area contributed by atoms with Crippen LogP contribution in [0.4, 0.5) is 0 Å². The Hall–Kier alpha value is -1.48. The first-order chi connectivity index (χ1) is 9.04. The van der Waals surface area contributed by atoms with Crippen LogP contribution < -0.4 is 15.2 Å². The number of ether oxygens (including phenoxy) is 2. The van der Waals surface area contributed by atoms with E-state index in [2.05, 4.69) is 19.9 Å². The summed E-state index contributed by atoms with van der Waals surface area (Å²) in [6, 6.07) is 6.06. The molecule has 0 aliphatic rings. The van der Waals surface area contributed by atoms with Crippen LogP contribution in [0.25, 0.3) is 0 Å². The average molecular weight is 263 g/mol. The van der Waals surface area contributed by atoms with E-state index in [1.807, 2.05) is 32.0 Å². The van der Waals surface area contributed by atoms with E-state index in [4.69, 9.17) is 15.2 Å². The summed E-state index contributed by atoms with van der Waals surface area (Å²) in [4.78, 5) is 0. The van der Waals surface area contributed by atoms with Gasteiger partial charge in [0.1, 0.15) is 6.61 Å². The number of hydrogen-bond acceptors (Lipinski definition) is 3. The summed E-state index contributed by atoms with van der Waals surface area (Å²) >= 11 is 0. The highest BCUT2D eigenvalue weighted by atomic mass is 16.5. The summed E-state index contributed by atoms with van der Waals surface area (Å²) in [5.74, 6) is 1.61. The van der Waals surface area contributed by atoms with Gasteiger partial charge in [-0.3, -0.25) is 0 Å². The Morgan fingerprint density at radius 2 is 2.05 bits per heavy atom. The van der Waals surface area contributed by atoms with Gasteiger partial charge in [0.25, 0.3) is 0 Å². The molecule has 0 saturated carbocycles. The van der Waals surface area contributed by atoms with Crippen molar-refractivity contribution < 1.29 is 9.47 Å². The molecule has 0 amide bonds. The molecule has 1 atom stereocenters. The summed E-state index contributed by atoms with van der Waals surface area (Å²) in [5, 5.41) is 0. The Kier molecular flexibility index (Phi) is 6.43. The summed E-state index contributed by atoms with van der Waals surface area (Å²) in [7, 11) is 0.